The van der Waals surface area contributed by atoms with Crippen LogP contribution in [0.5, 0.6) is 11.8 Å². The number of hydrogen-bond donors (Lipinski definition) is 1. The summed E-state index contributed by atoms with van der Waals surface area (Å²) >= 11 is 0. The van der Waals surface area contributed by atoms with Crippen molar-refractivity contribution in [1.29, 1.82) is 0 Å². The highest BCUT2D eigenvalue weighted by Gasteiger charge is 2.43. The Hall–Kier alpha value is -3.36. The van der Waals surface area contributed by atoms with Crippen LogP contribution in [0.4, 0.5) is 4.39 Å². The predicted octanol–water partition coefficient (Wildman–Crippen LogP) is 3.62. The number of aliphatic hydroxyl groups excluding tert-OH is 1. The molecule has 3 atom stereocenters. The number of methoxy groups -OCH3 is 2. The Kier molecular flexibility index (Phi) is 7.73. The fourth-order valence-corrected chi connectivity index (χ4v) is 5.03. The lowest BCUT2D eigenvalue weighted by molar-refractivity contribution is 0.0694. The lowest BCUT2D eigenvalue weighted by atomic mass is 9.68. The number of β-amino-alcohol motifs (C(OH)–C–C–N with tert-alkyl or cyclic N) is 1. The fraction of sp³-hybridized carbons (Fsp3) is 0.370. The first-order chi connectivity index (χ1) is 17.0. The highest BCUT2D eigenvalue weighted by molar-refractivity contribution is 5.97. The molecule has 3 aromatic rings. The van der Waals surface area contributed by atoms with Crippen molar-refractivity contribution in [3.05, 3.63) is 82.9 Å². The number of carbonyl (C=O) groups excluding carboxylic acids is 1. The molecule has 8 heteroatoms. The van der Waals surface area contributed by atoms with Crippen molar-refractivity contribution in [3.63, 3.8) is 0 Å². The molecule has 1 aliphatic heterocycles. The average molecular weight is 480 g/mol. The number of hydrogen-bond acceptors (Lipinski definition) is 7. The first kappa shape index (κ1) is 24.8. The van der Waals surface area contributed by atoms with Crippen molar-refractivity contribution < 1.29 is 23.8 Å². The molecule has 35 heavy (non-hydrogen) atoms. The van der Waals surface area contributed by atoms with Crippen LogP contribution in [0, 0.1) is 18.7 Å². The zero-order valence-electron chi connectivity index (χ0n) is 20.1. The van der Waals surface area contributed by atoms with Crippen molar-refractivity contribution in [2.75, 3.05) is 40.5 Å². The first-order valence-corrected chi connectivity index (χ1v) is 11.6. The number of Topliss-reactive ketones (excluding diaryl/α,β-unsaturated/α-hetero) is 1. The molecule has 1 aliphatic rings. The van der Waals surface area contributed by atoms with Crippen LogP contribution in [0.3, 0.4) is 0 Å². The lowest BCUT2D eigenvalue weighted by Gasteiger charge is -2.44. The van der Waals surface area contributed by atoms with Gasteiger partial charge in [-0.1, -0.05) is 24.3 Å². The second-order valence-corrected chi connectivity index (χ2v) is 8.74. The van der Waals surface area contributed by atoms with Crippen LogP contribution < -0.4 is 9.47 Å². The van der Waals surface area contributed by atoms with E-state index in [9.17, 15) is 14.3 Å². The van der Waals surface area contributed by atoms with E-state index in [0.29, 0.717) is 42.7 Å². The first-order valence-electron chi connectivity index (χ1n) is 11.6. The maximum atomic E-state index is 14.7. The molecular weight excluding hydrogens is 449 g/mol. The minimum absolute atomic E-state index is 0.0322. The number of ketones is 1. The van der Waals surface area contributed by atoms with E-state index >= 15 is 0 Å². The molecule has 0 bridgehead atoms. The quantitative estimate of drug-likeness (QED) is 0.494. The number of halogens is 1. The van der Waals surface area contributed by atoms with Gasteiger partial charge in [0.05, 0.1) is 20.8 Å². The van der Waals surface area contributed by atoms with E-state index in [4.69, 9.17) is 9.47 Å². The predicted molar refractivity (Wildman–Crippen MR) is 130 cm³/mol. The minimum Gasteiger partial charge on any atom is -0.481 e. The molecule has 1 aromatic carbocycles. The van der Waals surface area contributed by atoms with Crippen molar-refractivity contribution in [1.82, 2.24) is 14.9 Å². The third kappa shape index (κ3) is 5.18. The normalized spacial score (nSPS) is 20.4. The number of ether oxygens (including phenoxy) is 2. The van der Waals surface area contributed by atoms with Crippen molar-refractivity contribution >= 4 is 5.78 Å². The third-order valence-electron chi connectivity index (χ3n) is 6.78. The highest BCUT2D eigenvalue weighted by atomic mass is 19.1. The molecule has 0 aliphatic carbocycles. The van der Waals surface area contributed by atoms with Crippen LogP contribution in [0.25, 0.3) is 0 Å². The van der Waals surface area contributed by atoms with Gasteiger partial charge in [0, 0.05) is 55.7 Å². The maximum absolute atomic E-state index is 14.7. The molecule has 0 unspecified atom stereocenters. The molecule has 0 saturated carbocycles. The summed E-state index contributed by atoms with van der Waals surface area (Å²) in [6, 6.07) is 13.8. The molecule has 1 saturated heterocycles. The number of rotatable bonds is 8. The van der Waals surface area contributed by atoms with Gasteiger partial charge < -0.3 is 14.6 Å². The lowest BCUT2D eigenvalue weighted by Crippen LogP contribution is -2.48. The molecule has 3 heterocycles. The van der Waals surface area contributed by atoms with Crippen LogP contribution in [0.1, 0.15) is 39.0 Å². The van der Waals surface area contributed by atoms with E-state index in [1.807, 2.05) is 12.1 Å². The Morgan fingerprint density at radius 1 is 1.09 bits per heavy atom. The van der Waals surface area contributed by atoms with Gasteiger partial charge in [-0.15, -0.1) is 0 Å². The molecule has 0 amide bonds. The Balaban J connectivity index is 1.85. The Morgan fingerprint density at radius 2 is 1.86 bits per heavy atom. The topological polar surface area (TPSA) is 84.8 Å². The van der Waals surface area contributed by atoms with Crippen LogP contribution in [-0.4, -0.2) is 66.2 Å². The van der Waals surface area contributed by atoms with Gasteiger partial charge in [0.1, 0.15) is 11.5 Å². The summed E-state index contributed by atoms with van der Waals surface area (Å²) in [5.41, 5.74) is 2.52. The van der Waals surface area contributed by atoms with E-state index in [1.54, 1.807) is 50.6 Å². The highest BCUT2D eigenvalue weighted by Crippen LogP contribution is 2.45. The van der Waals surface area contributed by atoms with E-state index in [2.05, 4.69) is 14.9 Å². The number of likely N-dealkylation sites (tertiary alicyclic amines) is 1. The smallest absolute Gasteiger partial charge is 0.213 e. The van der Waals surface area contributed by atoms with Gasteiger partial charge in [0.2, 0.25) is 11.8 Å². The van der Waals surface area contributed by atoms with Gasteiger partial charge >= 0.3 is 0 Å². The number of aliphatic hydroxyl groups is 1. The molecule has 0 radical (unpaired) electrons. The van der Waals surface area contributed by atoms with E-state index < -0.39 is 5.92 Å². The van der Waals surface area contributed by atoms with Gasteiger partial charge in [-0.05, 0) is 35.7 Å². The summed E-state index contributed by atoms with van der Waals surface area (Å²) in [6.45, 7) is 3.14. The summed E-state index contributed by atoms with van der Waals surface area (Å²) in [4.78, 5) is 24.8. The largest absolute Gasteiger partial charge is 0.481 e. The van der Waals surface area contributed by atoms with Gasteiger partial charge in [0.25, 0.3) is 0 Å². The number of carbonyl (C=O) groups is 1. The van der Waals surface area contributed by atoms with E-state index in [-0.39, 0.29) is 30.0 Å². The van der Waals surface area contributed by atoms with Gasteiger partial charge in [-0.25, -0.2) is 14.4 Å². The van der Waals surface area contributed by atoms with Crippen molar-refractivity contribution in [2.45, 2.75) is 18.8 Å². The second kappa shape index (κ2) is 10.9. The molecule has 1 N–H and O–H groups in total. The zero-order chi connectivity index (χ0) is 24.9. The average Bonchev–Trinajstić information content (AvgIpc) is 2.90. The molecule has 0 spiro atoms. The molecular formula is C27H30FN3O4. The number of benzene rings is 1. The molecule has 4 rings (SSSR count). The van der Waals surface area contributed by atoms with E-state index in [0.717, 1.165) is 11.1 Å². The van der Waals surface area contributed by atoms with Crippen LogP contribution in [0.15, 0.2) is 54.7 Å². The number of nitrogens with zero attached hydrogens (tertiary/aromatic N) is 3. The Labute approximate surface area is 204 Å². The Bertz CT molecular complexity index is 1170. The summed E-state index contributed by atoms with van der Waals surface area (Å²) in [7, 11) is 3.06. The van der Waals surface area contributed by atoms with Crippen LogP contribution in [-0.2, 0) is 0 Å². The summed E-state index contributed by atoms with van der Waals surface area (Å²) in [5, 5.41) is 9.68. The summed E-state index contributed by atoms with van der Waals surface area (Å²) < 4.78 is 25.2. The standard InChI is InChI=1S/C27H30FN3O4/c1-17-19(6-4-7-22(17)28)26-20(18-10-11-24(34-2)29-14-18)15-31(12-13-32)16-21(26)27(33)23-8-5-9-25(30-23)35-3/h4-11,14,20-21,26,32H,12-13,15-16H2,1-3H3/t20-,21+,26-/m1/s1. The third-order valence-corrected chi connectivity index (χ3v) is 6.78. The zero-order valence-corrected chi connectivity index (χ0v) is 20.1. The monoisotopic (exact) mass is 479 g/mol. The van der Waals surface area contributed by atoms with Crippen molar-refractivity contribution in [2.24, 2.45) is 5.92 Å². The number of piperidine rings is 1. The van der Waals surface area contributed by atoms with Crippen molar-refractivity contribution in [3.8, 4) is 11.8 Å². The molecule has 2 aromatic heterocycles. The minimum atomic E-state index is -0.525. The SMILES string of the molecule is COc1ccc([C@H]2CN(CCO)C[C@H](C(=O)c3cccc(OC)n3)[C@@H]2c2cccc(F)c2C)cn1. The molecule has 1 fully saturated rings. The summed E-state index contributed by atoms with van der Waals surface area (Å²) in [6.07, 6.45) is 1.75. The number of aromatic nitrogens is 2. The van der Waals surface area contributed by atoms with Gasteiger partial charge in [0.15, 0.2) is 5.78 Å². The number of pyridine rings is 2. The second-order valence-electron chi connectivity index (χ2n) is 8.74. The molecule has 7 nitrogen and oxygen atoms in total. The maximum Gasteiger partial charge on any atom is 0.213 e. The molecule has 184 valence electrons. The van der Waals surface area contributed by atoms with Crippen LogP contribution >= 0.6 is 0 Å². The van der Waals surface area contributed by atoms with E-state index in [1.165, 1.54) is 13.2 Å². The van der Waals surface area contributed by atoms with Gasteiger partial charge in [-0.3, -0.25) is 9.69 Å². The van der Waals surface area contributed by atoms with Crippen LogP contribution in [0.2, 0.25) is 0 Å². The van der Waals surface area contributed by atoms with Gasteiger partial charge in [-0.2, -0.15) is 0 Å². The Morgan fingerprint density at radius 3 is 2.54 bits per heavy atom. The fourth-order valence-electron chi connectivity index (χ4n) is 5.03. The summed E-state index contributed by atoms with van der Waals surface area (Å²) in [5.74, 6) is -0.631.